The highest BCUT2D eigenvalue weighted by atomic mass is 79.9. The fourth-order valence-corrected chi connectivity index (χ4v) is 1.88. The van der Waals surface area contributed by atoms with Crippen LogP contribution in [0.4, 0.5) is 0 Å². The third kappa shape index (κ3) is 8.44. The van der Waals surface area contributed by atoms with Gasteiger partial charge < -0.3 is 4.48 Å². The van der Waals surface area contributed by atoms with E-state index in [-0.39, 0.29) is 4.32 Å². The maximum Gasteiger partial charge on any atom is 0.0930 e. The number of alkyl halides is 1. The van der Waals surface area contributed by atoms with Gasteiger partial charge >= 0.3 is 0 Å². The standard InChI is InChI=1S/C7H17BrN/c1-7(2,8)6-9(3,4)5/h6H2,1-5H3/q+1. The molecule has 0 heterocycles. The van der Waals surface area contributed by atoms with Gasteiger partial charge in [0.15, 0.2) is 0 Å². The Hall–Kier alpha value is 0.440. The number of rotatable bonds is 2. The largest absolute Gasteiger partial charge is 0.330 e. The third-order valence-corrected chi connectivity index (χ3v) is 1.10. The second-order valence-corrected chi connectivity index (χ2v) is 6.31. The van der Waals surface area contributed by atoms with Gasteiger partial charge in [-0.3, -0.25) is 0 Å². The molecular formula is C7H17BrN+. The maximum absolute atomic E-state index is 3.60. The number of nitrogens with zero attached hydrogens (tertiary/aromatic N) is 1. The van der Waals surface area contributed by atoms with Crippen molar-refractivity contribution in [1.82, 2.24) is 0 Å². The number of hydrogen-bond acceptors (Lipinski definition) is 0. The van der Waals surface area contributed by atoms with Gasteiger partial charge in [-0.15, -0.1) is 0 Å². The Bertz CT molecular complexity index is 74.1. The van der Waals surface area contributed by atoms with E-state index in [1.807, 2.05) is 0 Å². The van der Waals surface area contributed by atoms with Crippen molar-refractivity contribution in [1.29, 1.82) is 0 Å². The molecule has 0 aliphatic heterocycles. The van der Waals surface area contributed by atoms with E-state index >= 15 is 0 Å². The summed E-state index contributed by atoms with van der Waals surface area (Å²) in [5.74, 6) is 0. The van der Waals surface area contributed by atoms with Gasteiger partial charge in [-0.25, -0.2) is 0 Å². The van der Waals surface area contributed by atoms with Crippen LogP contribution < -0.4 is 0 Å². The lowest BCUT2D eigenvalue weighted by molar-refractivity contribution is -0.871. The second-order valence-electron chi connectivity index (χ2n) is 4.17. The van der Waals surface area contributed by atoms with Crippen LogP contribution in [-0.2, 0) is 0 Å². The van der Waals surface area contributed by atoms with Crippen LogP contribution in [0.5, 0.6) is 0 Å². The van der Waals surface area contributed by atoms with Gasteiger partial charge in [0.2, 0.25) is 0 Å². The number of halogens is 1. The Balaban J connectivity index is 3.75. The predicted octanol–water partition coefficient (Wildman–Crippen LogP) is 1.87. The summed E-state index contributed by atoms with van der Waals surface area (Å²) in [4.78, 5) is 0. The third-order valence-electron chi connectivity index (χ3n) is 0.850. The molecular weight excluding hydrogens is 178 g/mol. The molecule has 0 saturated heterocycles. The van der Waals surface area contributed by atoms with Gasteiger partial charge in [0.25, 0.3) is 0 Å². The minimum Gasteiger partial charge on any atom is -0.330 e. The molecule has 9 heavy (non-hydrogen) atoms. The summed E-state index contributed by atoms with van der Waals surface area (Å²) in [6, 6.07) is 0. The van der Waals surface area contributed by atoms with Crippen LogP contribution in [0, 0.1) is 0 Å². The van der Waals surface area contributed by atoms with Crippen molar-refractivity contribution in [3.63, 3.8) is 0 Å². The highest BCUT2D eigenvalue weighted by molar-refractivity contribution is 9.10. The molecule has 0 spiro atoms. The summed E-state index contributed by atoms with van der Waals surface area (Å²) in [5.41, 5.74) is 0. The van der Waals surface area contributed by atoms with Gasteiger partial charge in [-0.1, -0.05) is 15.9 Å². The van der Waals surface area contributed by atoms with E-state index in [1.165, 1.54) is 0 Å². The molecule has 2 heteroatoms. The summed E-state index contributed by atoms with van der Waals surface area (Å²) < 4.78 is 1.28. The zero-order valence-corrected chi connectivity index (χ0v) is 8.62. The van der Waals surface area contributed by atoms with Crippen molar-refractivity contribution in [2.75, 3.05) is 27.7 Å². The van der Waals surface area contributed by atoms with Crippen LogP contribution in [0.25, 0.3) is 0 Å². The summed E-state index contributed by atoms with van der Waals surface area (Å²) >= 11 is 3.60. The van der Waals surface area contributed by atoms with Crippen LogP contribution in [-0.4, -0.2) is 36.5 Å². The van der Waals surface area contributed by atoms with E-state index in [2.05, 4.69) is 50.9 Å². The van der Waals surface area contributed by atoms with Gasteiger partial charge in [0, 0.05) is 0 Å². The molecule has 0 unspecified atom stereocenters. The van der Waals surface area contributed by atoms with Crippen LogP contribution in [0.1, 0.15) is 13.8 Å². The van der Waals surface area contributed by atoms with E-state index in [4.69, 9.17) is 0 Å². The zero-order valence-electron chi connectivity index (χ0n) is 7.03. The van der Waals surface area contributed by atoms with Crippen molar-refractivity contribution in [3.05, 3.63) is 0 Å². The monoisotopic (exact) mass is 194 g/mol. The predicted molar refractivity (Wildman–Crippen MR) is 45.9 cm³/mol. The molecule has 0 bridgehead atoms. The summed E-state index contributed by atoms with van der Waals surface area (Å²) in [6.45, 7) is 5.53. The van der Waals surface area contributed by atoms with Crippen LogP contribution in [0.15, 0.2) is 0 Å². The van der Waals surface area contributed by atoms with Crippen LogP contribution in [0.2, 0.25) is 0 Å². The Morgan fingerprint density at radius 2 is 1.56 bits per heavy atom. The zero-order chi connectivity index (χ0) is 7.71. The van der Waals surface area contributed by atoms with E-state index in [0.717, 1.165) is 11.0 Å². The number of quaternary nitrogens is 1. The second kappa shape index (κ2) is 2.59. The SMILES string of the molecule is CC(C)(Br)C[N+](C)(C)C. The summed E-state index contributed by atoms with van der Waals surface area (Å²) in [7, 11) is 6.59. The molecule has 0 aliphatic carbocycles. The lowest BCUT2D eigenvalue weighted by Crippen LogP contribution is -2.43. The minimum atomic E-state index is 0.269. The fourth-order valence-electron chi connectivity index (χ4n) is 1.13. The lowest BCUT2D eigenvalue weighted by atomic mass is 10.2. The first-order chi connectivity index (χ1) is 3.71. The molecule has 0 aromatic heterocycles. The van der Waals surface area contributed by atoms with Gasteiger partial charge in [-0.2, -0.15) is 0 Å². The van der Waals surface area contributed by atoms with Crippen molar-refractivity contribution < 1.29 is 4.48 Å². The summed E-state index contributed by atoms with van der Waals surface area (Å²) in [5, 5.41) is 0. The fraction of sp³-hybridized carbons (Fsp3) is 1.00. The maximum atomic E-state index is 3.60. The molecule has 0 fully saturated rings. The van der Waals surface area contributed by atoms with Gasteiger partial charge in [0.05, 0.1) is 32.0 Å². The first kappa shape index (κ1) is 9.44. The van der Waals surface area contributed by atoms with Crippen molar-refractivity contribution in [2.45, 2.75) is 18.2 Å². The molecule has 0 saturated carbocycles. The topological polar surface area (TPSA) is 0 Å². The molecule has 0 aliphatic rings. The Kier molecular flexibility index (Phi) is 2.71. The lowest BCUT2D eigenvalue weighted by Gasteiger charge is -2.30. The normalized spacial score (nSPS) is 14.0. The number of hydrogen-bond donors (Lipinski definition) is 0. The van der Waals surface area contributed by atoms with E-state index in [0.29, 0.717) is 0 Å². The molecule has 0 amide bonds. The highest BCUT2D eigenvalue weighted by Crippen LogP contribution is 2.18. The molecule has 0 N–H and O–H groups in total. The van der Waals surface area contributed by atoms with Crippen molar-refractivity contribution >= 4 is 15.9 Å². The Morgan fingerprint density at radius 1 is 1.22 bits per heavy atom. The molecule has 0 aromatic carbocycles. The van der Waals surface area contributed by atoms with E-state index in [9.17, 15) is 0 Å². The van der Waals surface area contributed by atoms with E-state index in [1.54, 1.807) is 0 Å². The molecule has 0 rings (SSSR count). The average Bonchev–Trinajstić information content (AvgIpc) is 1.14. The molecule has 1 nitrogen and oxygen atoms in total. The van der Waals surface area contributed by atoms with Gasteiger partial charge in [-0.05, 0) is 13.8 Å². The van der Waals surface area contributed by atoms with Crippen molar-refractivity contribution in [3.8, 4) is 0 Å². The molecule has 56 valence electrons. The molecule has 0 radical (unpaired) electrons. The van der Waals surface area contributed by atoms with Crippen LogP contribution in [0.3, 0.4) is 0 Å². The Labute approximate surface area is 66.8 Å². The minimum absolute atomic E-state index is 0.269. The first-order valence-electron chi connectivity index (χ1n) is 3.20. The average molecular weight is 195 g/mol. The summed E-state index contributed by atoms with van der Waals surface area (Å²) in [6.07, 6.45) is 0. The van der Waals surface area contributed by atoms with Gasteiger partial charge in [0.1, 0.15) is 0 Å². The Morgan fingerprint density at radius 3 is 1.56 bits per heavy atom. The van der Waals surface area contributed by atoms with Crippen molar-refractivity contribution in [2.24, 2.45) is 0 Å². The molecule has 0 atom stereocenters. The quantitative estimate of drug-likeness (QED) is 0.466. The smallest absolute Gasteiger partial charge is 0.0930 e. The van der Waals surface area contributed by atoms with E-state index < -0.39 is 0 Å². The first-order valence-corrected chi connectivity index (χ1v) is 3.99. The van der Waals surface area contributed by atoms with Crippen LogP contribution >= 0.6 is 15.9 Å². The molecule has 0 aromatic rings. The highest BCUT2D eigenvalue weighted by Gasteiger charge is 2.21.